The van der Waals surface area contributed by atoms with Crippen LogP contribution in [0.25, 0.3) is 11.3 Å². The normalized spacial score (nSPS) is 21.9. The van der Waals surface area contributed by atoms with Crippen LogP contribution in [0.5, 0.6) is 11.5 Å². The summed E-state index contributed by atoms with van der Waals surface area (Å²) in [5, 5.41) is 3.44. The Morgan fingerprint density at radius 1 is 0.917 bits per heavy atom. The van der Waals surface area contributed by atoms with E-state index in [2.05, 4.69) is 39.1 Å². The lowest BCUT2D eigenvalue weighted by Gasteiger charge is -2.36. The summed E-state index contributed by atoms with van der Waals surface area (Å²) in [5.74, 6) is 0.681. The fourth-order valence-electron chi connectivity index (χ4n) is 5.26. The van der Waals surface area contributed by atoms with Gasteiger partial charge in [-0.05, 0) is 86.3 Å². The number of ether oxygens (including phenoxy) is 2. The van der Waals surface area contributed by atoms with Gasteiger partial charge in [0.15, 0.2) is 0 Å². The minimum Gasteiger partial charge on any atom is -0.490 e. The number of halogens is 3. The molecule has 0 radical (unpaired) electrons. The van der Waals surface area contributed by atoms with Crippen molar-refractivity contribution in [2.75, 3.05) is 7.05 Å². The highest BCUT2D eigenvalue weighted by molar-refractivity contribution is 5.60. The summed E-state index contributed by atoms with van der Waals surface area (Å²) < 4.78 is 47.2. The van der Waals surface area contributed by atoms with Gasteiger partial charge >= 0.3 is 6.36 Å². The number of nitrogens with one attached hydrogen (secondary N) is 1. The first-order valence-electron chi connectivity index (χ1n) is 12.3. The Morgan fingerprint density at radius 2 is 1.64 bits per heavy atom. The second-order valence-electron chi connectivity index (χ2n) is 9.64. The van der Waals surface area contributed by atoms with Gasteiger partial charge in [0.2, 0.25) is 0 Å². The molecule has 2 fully saturated rings. The Hall–Kier alpha value is -3.10. The minimum atomic E-state index is -4.70. The van der Waals surface area contributed by atoms with E-state index in [0.717, 1.165) is 35.3 Å². The molecule has 2 aliphatic rings. The quantitative estimate of drug-likeness (QED) is 0.417. The van der Waals surface area contributed by atoms with Crippen LogP contribution in [0.4, 0.5) is 13.2 Å². The predicted molar refractivity (Wildman–Crippen MR) is 132 cm³/mol. The number of piperidine rings is 1. The lowest BCUT2D eigenvalue weighted by Crippen LogP contribution is -2.43. The number of fused-ring (bicyclic) bond motifs is 2. The number of rotatable bonds is 8. The number of pyridine rings is 1. The van der Waals surface area contributed by atoms with Crippen molar-refractivity contribution >= 4 is 0 Å². The maximum atomic E-state index is 12.3. The molecule has 0 amide bonds. The molecular weight excluding hydrogens is 467 g/mol. The number of aromatic nitrogens is 1. The number of benzene rings is 2. The predicted octanol–water partition coefficient (Wildman–Crippen LogP) is 5.94. The molecule has 1 aromatic heterocycles. The Morgan fingerprint density at radius 3 is 2.31 bits per heavy atom. The highest BCUT2D eigenvalue weighted by Gasteiger charge is 2.39. The van der Waals surface area contributed by atoms with E-state index in [-0.39, 0.29) is 5.75 Å². The maximum absolute atomic E-state index is 12.3. The molecule has 0 aliphatic carbocycles. The number of nitrogens with zero attached hydrogens (tertiary/aromatic N) is 2. The molecule has 2 aliphatic heterocycles. The molecule has 36 heavy (non-hydrogen) atoms. The first-order chi connectivity index (χ1) is 17.3. The second kappa shape index (κ2) is 10.5. The van der Waals surface area contributed by atoms with Gasteiger partial charge in [-0.2, -0.15) is 0 Å². The van der Waals surface area contributed by atoms with Crippen molar-refractivity contribution in [2.45, 2.75) is 63.3 Å². The van der Waals surface area contributed by atoms with E-state index < -0.39 is 6.36 Å². The van der Waals surface area contributed by atoms with Gasteiger partial charge in [0.05, 0.1) is 5.69 Å². The molecule has 1 N–H and O–H groups in total. The molecule has 2 bridgehead atoms. The summed E-state index contributed by atoms with van der Waals surface area (Å²) in [6.07, 6.45) is 2.13. The summed E-state index contributed by atoms with van der Waals surface area (Å²) in [7, 11) is 2.24. The van der Waals surface area contributed by atoms with E-state index in [1.165, 1.54) is 25.0 Å². The van der Waals surface area contributed by atoms with Gasteiger partial charge in [0.1, 0.15) is 17.6 Å². The molecule has 0 saturated carbocycles. The smallest absolute Gasteiger partial charge is 0.490 e. The van der Waals surface area contributed by atoms with Crippen LogP contribution in [0.15, 0.2) is 66.9 Å². The zero-order chi connectivity index (χ0) is 25.1. The molecule has 0 spiro atoms. The minimum absolute atomic E-state index is 0.250. The van der Waals surface area contributed by atoms with E-state index in [0.29, 0.717) is 37.0 Å². The third-order valence-corrected chi connectivity index (χ3v) is 7.12. The molecular formula is C28H30F3N3O2. The van der Waals surface area contributed by atoms with Crippen molar-refractivity contribution in [1.82, 2.24) is 15.2 Å². The number of hydrogen-bond donors (Lipinski definition) is 1. The Bertz CT molecular complexity index is 1140. The van der Waals surface area contributed by atoms with Crippen molar-refractivity contribution in [3.63, 3.8) is 0 Å². The SMILES string of the molecule is CN1[C@@H]2CC[C@H]1CC(Oc1cccc(CNCc3ccc(-c4ccc(OC(F)(F)F)cc4)nc3)c1)C2. The van der Waals surface area contributed by atoms with Gasteiger partial charge in [-0.25, -0.2) is 0 Å². The largest absolute Gasteiger partial charge is 0.573 e. The van der Waals surface area contributed by atoms with E-state index in [1.807, 2.05) is 24.3 Å². The van der Waals surface area contributed by atoms with Gasteiger partial charge in [0.25, 0.3) is 0 Å². The molecule has 3 aromatic rings. The van der Waals surface area contributed by atoms with Crippen LogP contribution < -0.4 is 14.8 Å². The van der Waals surface area contributed by atoms with Crippen LogP contribution in [0.2, 0.25) is 0 Å². The molecule has 3 atom stereocenters. The van der Waals surface area contributed by atoms with Crippen molar-refractivity contribution < 1.29 is 22.6 Å². The third-order valence-electron chi connectivity index (χ3n) is 7.12. The second-order valence-corrected chi connectivity index (χ2v) is 9.64. The first kappa shape index (κ1) is 24.6. The fraction of sp³-hybridized carbons (Fsp3) is 0.393. The third kappa shape index (κ3) is 6.17. The summed E-state index contributed by atoms with van der Waals surface area (Å²) in [4.78, 5) is 6.97. The summed E-state index contributed by atoms with van der Waals surface area (Å²) in [6, 6.07) is 19.1. The highest BCUT2D eigenvalue weighted by atomic mass is 19.4. The zero-order valence-electron chi connectivity index (χ0n) is 20.2. The van der Waals surface area contributed by atoms with Gasteiger partial charge in [-0.15, -0.1) is 13.2 Å². The van der Waals surface area contributed by atoms with E-state index in [4.69, 9.17) is 4.74 Å². The lowest BCUT2D eigenvalue weighted by molar-refractivity contribution is -0.274. The summed E-state index contributed by atoms with van der Waals surface area (Å²) in [6.45, 7) is 1.35. The molecule has 8 heteroatoms. The van der Waals surface area contributed by atoms with Crippen LogP contribution in [-0.2, 0) is 13.1 Å². The zero-order valence-corrected chi connectivity index (χ0v) is 20.2. The van der Waals surface area contributed by atoms with Crippen LogP contribution >= 0.6 is 0 Å². The van der Waals surface area contributed by atoms with Gasteiger partial charge in [0, 0.05) is 36.9 Å². The van der Waals surface area contributed by atoms with E-state index in [9.17, 15) is 13.2 Å². The molecule has 2 aromatic carbocycles. The lowest BCUT2D eigenvalue weighted by atomic mass is 10.0. The van der Waals surface area contributed by atoms with Gasteiger partial charge < -0.3 is 19.7 Å². The van der Waals surface area contributed by atoms with Crippen LogP contribution in [0.1, 0.15) is 36.8 Å². The molecule has 190 valence electrons. The first-order valence-corrected chi connectivity index (χ1v) is 12.3. The Balaban J connectivity index is 1.11. The van der Waals surface area contributed by atoms with Crippen molar-refractivity contribution in [1.29, 1.82) is 0 Å². The van der Waals surface area contributed by atoms with Crippen molar-refractivity contribution in [3.8, 4) is 22.8 Å². The molecule has 1 unspecified atom stereocenters. The average molecular weight is 498 g/mol. The highest BCUT2D eigenvalue weighted by Crippen LogP contribution is 2.36. The molecule has 2 saturated heterocycles. The molecule has 5 rings (SSSR count). The number of hydrogen-bond acceptors (Lipinski definition) is 5. The topological polar surface area (TPSA) is 46.6 Å². The van der Waals surface area contributed by atoms with Crippen molar-refractivity contribution in [2.24, 2.45) is 0 Å². The van der Waals surface area contributed by atoms with Gasteiger partial charge in [-0.1, -0.05) is 18.2 Å². The maximum Gasteiger partial charge on any atom is 0.573 e. The Labute approximate surface area is 209 Å². The molecule has 3 heterocycles. The Kier molecular flexibility index (Phi) is 7.16. The molecule has 5 nitrogen and oxygen atoms in total. The van der Waals surface area contributed by atoms with E-state index in [1.54, 1.807) is 18.3 Å². The summed E-state index contributed by atoms with van der Waals surface area (Å²) in [5.41, 5.74) is 3.59. The average Bonchev–Trinajstić information content (AvgIpc) is 3.05. The standard InChI is InChI=1S/C28H30F3N3O2/c1-34-22-8-9-23(34)15-26(14-22)35-25-4-2-3-19(13-25)16-32-17-20-5-12-27(33-18-20)21-6-10-24(11-7-21)36-28(29,30)31/h2-7,10-13,18,22-23,26,32H,8-9,14-17H2,1H3/t22-,23+,26?. The van der Waals surface area contributed by atoms with Crippen molar-refractivity contribution in [3.05, 3.63) is 78.0 Å². The number of alkyl halides is 3. The van der Waals surface area contributed by atoms with E-state index >= 15 is 0 Å². The van der Waals surface area contributed by atoms with Crippen LogP contribution in [-0.4, -0.2) is 41.5 Å². The monoisotopic (exact) mass is 497 g/mol. The van der Waals surface area contributed by atoms with Crippen LogP contribution in [0, 0.1) is 0 Å². The van der Waals surface area contributed by atoms with Crippen LogP contribution in [0.3, 0.4) is 0 Å². The van der Waals surface area contributed by atoms with Gasteiger partial charge in [-0.3, -0.25) is 4.98 Å². The fourth-order valence-corrected chi connectivity index (χ4v) is 5.26. The summed E-state index contributed by atoms with van der Waals surface area (Å²) >= 11 is 0.